The smallest absolute Gasteiger partial charge is 0.341 e. The molecule has 0 bridgehead atoms. The van der Waals surface area contributed by atoms with E-state index in [4.69, 9.17) is 16.3 Å². The lowest BCUT2D eigenvalue weighted by molar-refractivity contribution is 0.0528. The van der Waals surface area contributed by atoms with E-state index < -0.39 is 0 Å². The second kappa shape index (κ2) is 3.90. The Kier molecular flexibility index (Phi) is 2.60. The van der Waals surface area contributed by atoms with Crippen LogP contribution < -0.4 is 0 Å². The number of hydrogen-bond acceptors (Lipinski definition) is 3. The molecule has 5 heteroatoms. The van der Waals surface area contributed by atoms with Gasteiger partial charge in [0.15, 0.2) is 5.65 Å². The lowest BCUT2D eigenvalue weighted by atomic mass is 10.3. The Balaban J connectivity index is 2.56. The zero-order valence-corrected chi connectivity index (χ0v) is 8.86. The van der Waals surface area contributed by atoms with Crippen molar-refractivity contribution in [3.63, 3.8) is 0 Å². The van der Waals surface area contributed by atoms with Gasteiger partial charge in [-0.3, -0.25) is 4.40 Å². The normalized spacial score (nSPS) is 10.5. The largest absolute Gasteiger partial charge is 0.462 e. The number of carbonyl (C=O) groups is 1. The predicted molar refractivity (Wildman–Crippen MR) is 56.2 cm³/mol. The summed E-state index contributed by atoms with van der Waals surface area (Å²) in [7, 11) is 0. The molecule has 0 aliphatic rings. The minimum absolute atomic E-state index is 0.342. The fourth-order valence-corrected chi connectivity index (χ4v) is 1.53. The fraction of sp³-hybridized carbons (Fsp3) is 0.200. The first kappa shape index (κ1) is 9.98. The summed E-state index contributed by atoms with van der Waals surface area (Å²) in [5, 5.41) is 0.469. The Hall–Kier alpha value is -1.55. The number of pyridine rings is 1. The van der Waals surface area contributed by atoms with Crippen LogP contribution in [0.2, 0.25) is 5.15 Å². The van der Waals surface area contributed by atoms with Gasteiger partial charge in [0.25, 0.3) is 0 Å². The number of halogens is 1. The Morgan fingerprint density at radius 2 is 2.47 bits per heavy atom. The lowest BCUT2D eigenvalue weighted by Gasteiger charge is -2.03. The van der Waals surface area contributed by atoms with Crippen molar-refractivity contribution in [3.05, 3.63) is 35.2 Å². The number of rotatable bonds is 2. The Labute approximate surface area is 91.4 Å². The van der Waals surface area contributed by atoms with Crippen molar-refractivity contribution in [1.29, 1.82) is 0 Å². The molecule has 0 amide bonds. The third-order valence-corrected chi connectivity index (χ3v) is 2.27. The monoisotopic (exact) mass is 224 g/mol. The van der Waals surface area contributed by atoms with E-state index in [2.05, 4.69) is 4.98 Å². The first-order valence-electron chi connectivity index (χ1n) is 4.52. The van der Waals surface area contributed by atoms with Crippen molar-refractivity contribution >= 4 is 23.2 Å². The van der Waals surface area contributed by atoms with Crippen LogP contribution in [0.5, 0.6) is 0 Å². The van der Waals surface area contributed by atoms with Crippen molar-refractivity contribution in [1.82, 2.24) is 9.38 Å². The topological polar surface area (TPSA) is 43.6 Å². The fourth-order valence-electron chi connectivity index (χ4n) is 1.35. The molecule has 0 spiro atoms. The van der Waals surface area contributed by atoms with E-state index in [0.717, 1.165) is 0 Å². The van der Waals surface area contributed by atoms with Gasteiger partial charge in [0.1, 0.15) is 10.7 Å². The molecule has 0 radical (unpaired) electrons. The van der Waals surface area contributed by atoms with Gasteiger partial charge in [-0.1, -0.05) is 11.6 Å². The van der Waals surface area contributed by atoms with Gasteiger partial charge in [0, 0.05) is 6.20 Å². The molecule has 2 heterocycles. The predicted octanol–water partition coefficient (Wildman–Crippen LogP) is 2.16. The highest BCUT2D eigenvalue weighted by Gasteiger charge is 2.13. The first-order chi connectivity index (χ1) is 7.24. The van der Waals surface area contributed by atoms with E-state index in [-0.39, 0.29) is 5.97 Å². The standard InChI is InChI=1S/C10H9ClN2O2/c1-2-15-10(14)7-4-3-5-13-8(11)6-12-9(7)13/h3-6H,2H2,1H3. The highest BCUT2D eigenvalue weighted by molar-refractivity contribution is 6.29. The van der Waals surface area contributed by atoms with Crippen molar-refractivity contribution in [2.75, 3.05) is 6.61 Å². The maximum absolute atomic E-state index is 11.5. The van der Waals surface area contributed by atoms with Gasteiger partial charge < -0.3 is 4.74 Å². The zero-order valence-electron chi connectivity index (χ0n) is 8.11. The number of aromatic nitrogens is 2. The zero-order chi connectivity index (χ0) is 10.8. The summed E-state index contributed by atoms with van der Waals surface area (Å²) in [5.41, 5.74) is 0.937. The molecule has 4 nitrogen and oxygen atoms in total. The average Bonchev–Trinajstić information content (AvgIpc) is 2.61. The van der Waals surface area contributed by atoms with Crippen LogP contribution >= 0.6 is 11.6 Å². The van der Waals surface area contributed by atoms with Gasteiger partial charge in [-0.15, -0.1) is 0 Å². The van der Waals surface area contributed by atoms with Crippen LogP contribution in [-0.2, 0) is 4.74 Å². The molecule has 0 unspecified atom stereocenters. The second-order valence-corrected chi connectivity index (χ2v) is 3.30. The van der Waals surface area contributed by atoms with Gasteiger partial charge >= 0.3 is 5.97 Å². The quantitative estimate of drug-likeness (QED) is 0.735. The van der Waals surface area contributed by atoms with Crippen molar-refractivity contribution in [2.45, 2.75) is 6.92 Å². The number of ether oxygens (including phenoxy) is 1. The van der Waals surface area contributed by atoms with Crippen LogP contribution in [0, 0.1) is 0 Å². The maximum Gasteiger partial charge on any atom is 0.341 e. The number of carbonyl (C=O) groups excluding carboxylic acids is 1. The van der Waals surface area contributed by atoms with E-state index in [0.29, 0.717) is 23.0 Å². The minimum Gasteiger partial charge on any atom is -0.462 e. The third kappa shape index (κ3) is 1.68. The van der Waals surface area contributed by atoms with Gasteiger partial charge in [0.2, 0.25) is 0 Å². The molecule has 0 fully saturated rings. The molecule has 0 aliphatic carbocycles. The summed E-state index contributed by atoms with van der Waals surface area (Å²) in [6.07, 6.45) is 3.24. The molecular formula is C10H9ClN2O2. The average molecular weight is 225 g/mol. The van der Waals surface area contributed by atoms with Gasteiger partial charge in [-0.25, -0.2) is 9.78 Å². The highest BCUT2D eigenvalue weighted by atomic mass is 35.5. The summed E-state index contributed by atoms with van der Waals surface area (Å²) in [4.78, 5) is 15.6. The van der Waals surface area contributed by atoms with Crippen LogP contribution in [0.4, 0.5) is 0 Å². The highest BCUT2D eigenvalue weighted by Crippen LogP contribution is 2.16. The molecule has 0 aliphatic heterocycles. The summed E-state index contributed by atoms with van der Waals surface area (Å²) in [5.74, 6) is -0.384. The minimum atomic E-state index is -0.384. The van der Waals surface area contributed by atoms with Gasteiger partial charge in [-0.2, -0.15) is 0 Å². The van der Waals surface area contributed by atoms with Crippen LogP contribution in [0.25, 0.3) is 5.65 Å². The first-order valence-corrected chi connectivity index (χ1v) is 4.90. The number of fused-ring (bicyclic) bond motifs is 1. The molecule has 2 rings (SSSR count). The van der Waals surface area contributed by atoms with E-state index in [9.17, 15) is 4.79 Å². The number of imidazole rings is 1. The van der Waals surface area contributed by atoms with Crippen LogP contribution in [0.15, 0.2) is 24.5 Å². The molecule has 0 N–H and O–H groups in total. The Morgan fingerprint density at radius 1 is 1.67 bits per heavy atom. The van der Waals surface area contributed by atoms with Crippen molar-refractivity contribution < 1.29 is 9.53 Å². The summed E-state index contributed by atoms with van der Waals surface area (Å²) in [6, 6.07) is 3.39. The summed E-state index contributed by atoms with van der Waals surface area (Å²) in [6.45, 7) is 2.10. The molecule has 0 aromatic carbocycles. The molecule has 0 saturated carbocycles. The Morgan fingerprint density at radius 3 is 3.20 bits per heavy atom. The van der Waals surface area contributed by atoms with Gasteiger partial charge in [-0.05, 0) is 19.1 Å². The number of hydrogen-bond donors (Lipinski definition) is 0. The summed E-state index contributed by atoms with van der Waals surface area (Å²) >= 11 is 5.87. The molecule has 15 heavy (non-hydrogen) atoms. The second-order valence-electron chi connectivity index (χ2n) is 2.92. The maximum atomic E-state index is 11.5. The Bertz CT molecular complexity index is 507. The molecule has 2 aromatic rings. The molecule has 2 aromatic heterocycles. The lowest BCUT2D eigenvalue weighted by Crippen LogP contribution is -2.06. The third-order valence-electron chi connectivity index (χ3n) is 1.99. The molecular weight excluding hydrogens is 216 g/mol. The molecule has 0 atom stereocenters. The number of nitrogens with zero attached hydrogens (tertiary/aromatic N) is 2. The SMILES string of the molecule is CCOC(=O)c1cccn2c(Cl)cnc12. The number of esters is 1. The van der Waals surface area contributed by atoms with Gasteiger partial charge in [0.05, 0.1) is 12.8 Å². The van der Waals surface area contributed by atoms with Crippen LogP contribution in [-0.4, -0.2) is 22.0 Å². The van der Waals surface area contributed by atoms with E-state index in [1.165, 1.54) is 6.20 Å². The van der Waals surface area contributed by atoms with E-state index in [1.54, 1.807) is 29.7 Å². The summed E-state index contributed by atoms with van der Waals surface area (Å²) < 4.78 is 6.54. The van der Waals surface area contributed by atoms with Crippen LogP contribution in [0.3, 0.4) is 0 Å². The van der Waals surface area contributed by atoms with Crippen molar-refractivity contribution in [3.8, 4) is 0 Å². The van der Waals surface area contributed by atoms with Crippen molar-refractivity contribution in [2.24, 2.45) is 0 Å². The van der Waals surface area contributed by atoms with Crippen LogP contribution in [0.1, 0.15) is 17.3 Å². The molecule has 0 saturated heterocycles. The molecule has 78 valence electrons. The van der Waals surface area contributed by atoms with E-state index in [1.807, 2.05) is 0 Å². The van der Waals surface area contributed by atoms with E-state index >= 15 is 0 Å².